The van der Waals surface area contributed by atoms with Gasteiger partial charge in [0, 0.05) is 11.6 Å². The van der Waals surface area contributed by atoms with Crippen molar-refractivity contribution < 1.29 is 19.4 Å². The zero-order valence-electron chi connectivity index (χ0n) is 12.2. The zero-order valence-corrected chi connectivity index (χ0v) is 12.2. The first-order valence-corrected chi connectivity index (χ1v) is 6.79. The smallest absolute Gasteiger partial charge is 0.379 e. The summed E-state index contributed by atoms with van der Waals surface area (Å²) >= 11 is 0. The summed E-state index contributed by atoms with van der Waals surface area (Å²) in [5.41, 5.74) is 2.10. The van der Waals surface area contributed by atoms with E-state index in [0.717, 1.165) is 17.2 Å². The molecule has 0 spiro atoms. The second kappa shape index (κ2) is 7.22. The van der Waals surface area contributed by atoms with Crippen molar-refractivity contribution in [2.75, 3.05) is 0 Å². The molecule has 0 aliphatic rings. The molecule has 0 saturated heterocycles. The zero-order chi connectivity index (χ0) is 15.9. The molecule has 0 heterocycles. The number of aliphatic hydroxyl groups excluding tert-OH is 1. The minimum Gasteiger partial charge on any atom is -0.507 e. The van der Waals surface area contributed by atoms with Crippen LogP contribution in [0.15, 0.2) is 60.7 Å². The molecule has 0 unspecified atom stereocenters. The van der Waals surface area contributed by atoms with Gasteiger partial charge in [0.25, 0.3) is 5.78 Å². The van der Waals surface area contributed by atoms with Crippen LogP contribution < -0.4 is 0 Å². The Hall–Kier alpha value is -2.88. The van der Waals surface area contributed by atoms with Gasteiger partial charge < -0.3 is 9.84 Å². The summed E-state index contributed by atoms with van der Waals surface area (Å²) in [4.78, 5) is 23.4. The fourth-order valence-corrected chi connectivity index (χ4v) is 1.92. The van der Waals surface area contributed by atoms with Crippen molar-refractivity contribution in [3.05, 3.63) is 77.4 Å². The van der Waals surface area contributed by atoms with Gasteiger partial charge >= 0.3 is 5.97 Å². The van der Waals surface area contributed by atoms with Gasteiger partial charge in [-0.05, 0) is 18.1 Å². The highest BCUT2D eigenvalue weighted by atomic mass is 16.5. The molecule has 2 aromatic carbocycles. The van der Waals surface area contributed by atoms with Gasteiger partial charge in [-0.2, -0.15) is 0 Å². The van der Waals surface area contributed by atoms with Gasteiger partial charge in [0.05, 0.1) is 0 Å². The van der Waals surface area contributed by atoms with Crippen LogP contribution in [0.3, 0.4) is 0 Å². The predicted molar refractivity (Wildman–Crippen MR) is 83.0 cm³/mol. The number of hydrogen-bond acceptors (Lipinski definition) is 4. The molecular formula is C18H16O4. The van der Waals surface area contributed by atoms with E-state index >= 15 is 0 Å². The Morgan fingerprint density at radius 1 is 1.05 bits per heavy atom. The molecule has 0 radical (unpaired) electrons. The fraction of sp³-hybridized carbons (Fsp3) is 0.111. The number of carbonyl (C=O) groups excluding carboxylic acids is 2. The van der Waals surface area contributed by atoms with E-state index in [-0.39, 0.29) is 12.4 Å². The van der Waals surface area contributed by atoms with Crippen LogP contribution in [0.1, 0.15) is 16.7 Å². The van der Waals surface area contributed by atoms with Crippen molar-refractivity contribution in [1.29, 1.82) is 0 Å². The molecule has 22 heavy (non-hydrogen) atoms. The Bertz CT molecular complexity index is 702. The monoisotopic (exact) mass is 296 g/mol. The highest BCUT2D eigenvalue weighted by Crippen LogP contribution is 2.16. The minimum absolute atomic E-state index is 0.0182. The number of rotatable bonds is 5. The van der Waals surface area contributed by atoms with Crippen molar-refractivity contribution in [3.63, 3.8) is 0 Å². The Balaban J connectivity index is 2.00. The van der Waals surface area contributed by atoms with E-state index < -0.39 is 11.8 Å². The van der Waals surface area contributed by atoms with Gasteiger partial charge in [-0.15, -0.1) is 0 Å². The van der Waals surface area contributed by atoms with Crippen molar-refractivity contribution in [2.24, 2.45) is 0 Å². The van der Waals surface area contributed by atoms with Crippen molar-refractivity contribution in [1.82, 2.24) is 0 Å². The normalized spacial score (nSPS) is 11.0. The van der Waals surface area contributed by atoms with Gasteiger partial charge in [0.1, 0.15) is 12.4 Å². The number of aliphatic hydroxyl groups is 1. The average Bonchev–Trinajstić information content (AvgIpc) is 2.53. The number of benzene rings is 2. The molecule has 0 saturated carbocycles. The van der Waals surface area contributed by atoms with Gasteiger partial charge in [-0.3, -0.25) is 4.79 Å². The van der Waals surface area contributed by atoms with Crippen molar-refractivity contribution in [3.8, 4) is 0 Å². The highest BCUT2D eigenvalue weighted by Gasteiger charge is 2.15. The Morgan fingerprint density at radius 2 is 1.68 bits per heavy atom. The lowest BCUT2D eigenvalue weighted by atomic mass is 10.1. The van der Waals surface area contributed by atoms with Gasteiger partial charge in [-0.1, -0.05) is 54.6 Å². The molecule has 0 aliphatic heterocycles. The van der Waals surface area contributed by atoms with Crippen molar-refractivity contribution in [2.45, 2.75) is 13.5 Å². The van der Waals surface area contributed by atoms with Crippen LogP contribution in [0.25, 0.3) is 5.76 Å². The third-order valence-corrected chi connectivity index (χ3v) is 3.10. The van der Waals surface area contributed by atoms with E-state index in [2.05, 4.69) is 0 Å². The lowest BCUT2D eigenvalue weighted by Gasteiger charge is -2.05. The summed E-state index contributed by atoms with van der Waals surface area (Å²) in [5, 5.41) is 9.94. The standard InChI is InChI=1S/C18H16O4/c1-13-7-5-6-10-15(13)16(19)11-17(20)18(21)22-12-14-8-3-2-4-9-14/h2-11,19H,12H2,1H3/b16-11-. The fourth-order valence-electron chi connectivity index (χ4n) is 1.92. The Labute approximate surface area is 128 Å². The number of esters is 1. The molecule has 112 valence electrons. The lowest BCUT2D eigenvalue weighted by Crippen LogP contribution is -2.15. The van der Waals surface area contributed by atoms with E-state index in [1.807, 2.05) is 24.3 Å². The number of ketones is 1. The first kappa shape index (κ1) is 15.5. The lowest BCUT2D eigenvalue weighted by molar-refractivity contribution is -0.152. The summed E-state index contributed by atoms with van der Waals surface area (Å²) in [6, 6.07) is 16.1. The highest BCUT2D eigenvalue weighted by molar-refractivity contribution is 6.39. The Kier molecular flexibility index (Phi) is 5.09. The van der Waals surface area contributed by atoms with E-state index in [9.17, 15) is 14.7 Å². The maximum absolute atomic E-state index is 11.7. The van der Waals surface area contributed by atoms with E-state index in [1.54, 1.807) is 37.3 Å². The van der Waals surface area contributed by atoms with Gasteiger partial charge in [0.15, 0.2) is 0 Å². The molecule has 4 nitrogen and oxygen atoms in total. The van der Waals surface area contributed by atoms with Crippen LogP contribution in [-0.4, -0.2) is 16.9 Å². The quantitative estimate of drug-likeness (QED) is 0.398. The first-order valence-electron chi connectivity index (χ1n) is 6.79. The summed E-state index contributed by atoms with van der Waals surface area (Å²) in [7, 11) is 0. The summed E-state index contributed by atoms with van der Waals surface area (Å²) in [6.45, 7) is 1.82. The number of aryl methyl sites for hydroxylation is 1. The molecule has 0 aliphatic carbocycles. The van der Waals surface area contributed by atoms with Gasteiger partial charge in [0.2, 0.25) is 0 Å². The van der Waals surface area contributed by atoms with Crippen LogP contribution in [0.2, 0.25) is 0 Å². The SMILES string of the molecule is Cc1ccccc1/C(O)=C/C(=O)C(=O)OCc1ccccc1. The number of hydrogen-bond donors (Lipinski definition) is 1. The summed E-state index contributed by atoms with van der Waals surface area (Å²) in [5.74, 6) is -2.14. The maximum atomic E-state index is 11.7. The average molecular weight is 296 g/mol. The molecular weight excluding hydrogens is 280 g/mol. The third-order valence-electron chi connectivity index (χ3n) is 3.10. The Morgan fingerprint density at radius 3 is 2.36 bits per heavy atom. The minimum atomic E-state index is -0.996. The molecule has 0 aromatic heterocycles. The predicted octanol–water partition coefficient (Wildman–Crippen LogP) is 3.21. The largest absolute Gasteiger partial charge is 0.507 e. The van der Waals surface area contributed by atoms with E-state index in [1.165, 1.54) is 0 Å². The second-order valence-corrected chi connectivity index (χ2v) is 4.77. The first-order chi connectivity index (χ1) is 10.6. The molecule has 0 amide bonds. The topological polar surface area (TPSA) is 63.6 Å². The molecule has 0 bridgehead atoms. The van der Waals surface area contributed by atoms with Gasteiger partial charge in [-0.25, -0.2) is 4.79 Å². The number of carbonyl (C=O) groups is 2. The number of ether oxygens (including phenoxy) is 1. The second-order valence-electron chi connectivity index (χ2n) is 4.77. The molecule has 2 aromatic rings. The molecule has 4 heteroatoms. The third kappa shape index (κ3) is 4.06. The van der Waals surface area contributed by atoms with Crippen LogP contribution in [-0.2, 0) is 20.9 Å². The van der Waals surface area contributed by atoms with E-state index in [4.69, 9.17) is 4.74 Å². The van der Waals surface area contributed by atoms with E-state index in [0.29, 0.717) is 5.56 Å². The molecule has 2 rings (SSSR count). The van der Waals surface area contributed by atoms with Crippen LogP contribution >= 0.6 is 0 Å². The maximum Gasteiger partial charge on any atom is 0.379 e. The molecule has 1 N–H and O–H groups in total. The van der Waals surface area contributed by atoms with Crippen LogP contribution in [0.4, 0.5) is 0 Å². The summed E-state index contributed by atoms with van der Waals surface area (Å²) < 4.78 is 4.91. The molecule has 0 atom stereocenters. The van der Waals surface area contributed by atoms with Crippen LogP contribution in [0.5, 0.6) is 0 Å². The molecule has 0 fully saturated rings. The summed E-state index contributed by atoms with van der Waals surface area (Å²) in [6.07, 6.45) is 0.885. The van der Waals surface area contributed by atoms with Crippen molar-refractivity contribution >= 4 is 17.5 Å². The van der Waals surface area contributed by atoms with Crippen LogP contribution in [0, 0.1) is 6.92 Å².